The van der Waals surface area contributed by atoms with E-state index in [4.69, 9.17) is 0 Å². The van der Waals surface area contributed by atoms with Crippen LogP contribution in [0.5, 0.6) is 0 Å². The standard InChI is InChI=1S/C13H17BrN2O2S/c1-9(2)7-15-13(18)16-12(17)8-19-11-5-3-10(14)4-6-11/h3-6,9H,7-8H2,1-2H3,(H2,15,16,17,18). The van der Waals surface area contributed by atoms with Gasteiger partial charge in [-0.1, -0.05) is 29.8 Å². The number of halogens is 1. The van der Waals surface area contributed by atoms with E-state index in [1.54, 1.807) is 0 Å². The molecular formula is C13H17BrN2O2S. The summed E-state index contributed by atoms with van der Waals surface area (Å²) in [5, 5.41) is 4.93. The second-order valence-corrected chi connectivity index (χ2v) is 6.36. The molecule has 0 fully saturated rings. The lowest BCUT2D eigenvalue weighted by Crippen LogP contribution is -2.41. The Hall–Kier alpha value is -1.01. The largest absolute Gasteiger partial charge is 0.338 e. The van der Waals surface area contributed by atoms with Crippen molar-refractivity contribution in [2.45, 2.75) is 18.7 Å². The monoisotopic (exact) mass is 344 g/mol. The molecule has 6 heteroatoms. The Morgan fingerprint density at radius 3 is 2.47 bits per heavy atom. The van der Waals surface area contributed by atoms with Gasteiger partial charge in [0.05, 0.1) is 5.75 Å². The van der Waals surface area contributed by atoms with Crippen molar-refractivity contribution in [2.24, 2.45) is 5.92 Å². The van der Waals surface area contributed by atoms with Gasteiger partial charge in [0.2, 0.25) is 5.91 Å². The Morgan fingerprint density at radius 1 is 1.26 bits per heavy atom. The van der Waals surface area contributed by atoms with Gasteiger partial charge in [0.25, 0.3) is 0 Å². The van der Waals surface area contributed by atoms with E-state index in [1.165, 1.54) is 11.8 Å². The Bertz CT molecular complexity index is 435. The Morgan fingerprint density at radius 2 is 1.89 bits per heavy atom. The molecule has 0 saturated heterocycles. The van der Waals surface area contributed by atoms with Crippen molar-refractivity contribution in [3.05, 3.63) is 28.7 Å². The van der Waals surface area contributed by atoms with E-state index in [9.17, 15) is 9.59 Å². The minimum absolute atomic E-state index is 0.219. The lowest BCUT2D eigenvalue weighted by atomic mass is 10.2. The highest BCUT2D eigenvalue weighted by Crippen LogP contribution is 2.20. The highest BCUT2D eigenvalue weighted by atomic mass is 79.9. The van der Waals surface area contributed by atoms with Crippen molar-refractivity contribution in [3.63, 3.8) is 0 Å². The number of imide groups is 1. The highest BCUT2D eigenvalue weighted by Gasteiger charge is 2.08. The van der Waals surface area contributed by atoms with Crippen molar-refractivity contribution in [2.75, 3.05) is 12.3 Å². The Kier molecular flexibility index (Phi) is 6.94. The van der Waals surface area contributed by atoms with E-state index in [0.29, 0.717) is 12.5 Å². The average molecular weight is 345 g/mol. The van der Waals surface area contributed by atoms with Gasteiger partial charge in [0, 0.05) is 15.9 Å². The zero-order chi connectivity index (χ0) is 14.3. The van der Waals surface area contributed by atoms with Gasteiger partial charge in [-0.3, -0.25) is 10.1 Å². The molecule has 2 N–H and O–H groups in total. The number of amides is 3. The fourth-order valence-electron chi connectivity index (χ4n) is 1.18. The molecule has 19 heavy (non-hydrogen) atoms. The molecule has 1 aromatic rings. The molecule has 0 aliphatic heterocycles. The van der Waals surface area contributed by atoms with Crippen LogP contribution in [-0.4, -0.2) is 24.2 Å². The van der Waals surface area contributed by atoms with Crippen molar-refractivity contribution in [1.82, 2.24) is 10.6 Å². The van der Waals surface area contributed by atoms with Crippen molar-refractivity contribution in [1.29, 1.82) is 0 Å². The number of hydrogen-bond donors (Lipinski definition) is 2. The van der Waals surface area contributed by atoms with Crippen molar-refractivity contribution >= 4 is 39.6 Å². The smallest absolute Gasteiger partial charge is 0.321 e. The third kappa shape index (κ3) is 7.22. The van der Waals surface area contributed by atoms with E-state index in [2.05, 4.69) is 26.6 Å². The maximum Gasteiger partial charge on any atom is 0.321 e. The molecule has 0 aliphatic rings. The first-order chi connectivity index (χ1) is 8.97. The van der Waals surface area contributed by atoms with Gasteiger partial charge < -0.3 is 5.32 Å². The Labute approximate surface area is 125 Å². The van der Waals surface area contributed by atoms with Crippen LogP contribution in [0.1, 0.15) is 13.8 Å². The second kappa shape index (κ2) is 8.22. The molecule has 1 aromatic carbocycles. The van der Waals surface area contributed by atoms with Crippen LogP contribution in [0.15, 0.2) is 33.6 Å². The molecule has 0 spiro atoms. The van der Waals surface area contributed by atoms with Crippen LogP contribution in [0.25, 0.3) is 0 Å². The molecule has 0 radical (unpaired) electrons. The van der Waals surface area contributed by atoms with Crippen LogP contribution in [-0.2, 0) is 4.79 Å². The van der Waals surface area contributed by atoms with Gasteiger partial charge in [-0.2, -0.15) is 0 Å². The molecule has 0 aromatic heterocycles. The summed E-state index contributed by atoms with van der Waals surface area (Å²) in [6.45, 7) is 4.54. The third-order valence-corrected chi connectivity index (χ3v) is 3.65. The van der Waals surface area contributed by atoms with Crippen molar-refractivity contribution in [3.8, 4) is 0 Å². The maximum atomic E-state index is 11.5. The van der Waals surface area contributed by atoms with E-state index in [-0.39, 0.29) is 11.7 Å². The molecule has 4 nitrogen and oxygen atoms in total. The molecule has 0 heterocycles. The summed E-state index contributed by atoms with van der Waals surface area (Å²) < 4.78 is 0.995. The number of carbonyl (C=O) groups is 2. The zero-order valence-corrected chi connectivity index (χ0v) is 13.3. The summed E-state index contributed by atoms with van der Waals surface area (Å²) in [7, 11) is 0. The molecule has 0 saturated carbocycles. The Balaban J connectivity index is 2.27. The van der Waals surface area contributed by atoms with Crippen molar-refractivity contribution < 1.29 is 9.59 Å². The van der Waals surface area contributed by atoms with Crippen LogP contribution in [0.2, 0.25) is 0 Å². The fraction of sp³-hybridized carbons (Fsp3) is 0.385. The quantitative estimate of drug-likeness (QED) is 0.807. The second-order valence-electron chi connectivity index (χ2n) is 4.39. The molecule has 1 rings (SSSR count). The predicted octanol–water partition coefficient (Wildman–Crippen LogP) is 3.02. The van der Waals surface area contributed by atoms with E-state index < -0.39 is 6.03 Å². The summed E-state index contributed by atoms with van der Waals surface area (Å²) in [6, 6.07) is 7.22. The number of rotatable bonds is 5. The average Bonchev–Trinajstić information content (AvgIpc) is 2.36. The predicted molar refractivity (Wildman–Crippen MR) is 81.2 cm³/mol. The normalized spacial score (nSPS) is 10.3. The number of urea groups is 1. The minimum atomic E-state index is -0.435. The summed E-state index contributed by atoms with van der Waals surface area (Å²) in [5.41, 5.74) is 0. The van der Waals surface area contributed by atoms with Gasteiger partial charge in [-0.05, 0) is 30.2 Å². The van der Waals surface area contributed by atoms with Gasteiger partial charge >= 0.3 is 6.03 Å². The number of nitrogens with one attached hydrogen (secondary N) is 2. The maximum absolute atomic E-state index is 11.5. The topological polar surface area (TPSA) is 58.2 Å². The number of carbonyl (C=O) groups excluding carboxylic acids is 2. The van der Waals surface area contributed by atoms with E-state index >= 15 is 0 Å². The van der Waals surface area contributed by atoms with E-state index in [0.717, 1.165) is 9.37 Å². The first-order valence-corrected chi connectivity index (χ1v) is 7.71. The lowest BCUT2D eigenvalue weighted by molar-refractivity contribution is -0.117. The van der Waals surface area contributed by atoms with Crippen LogP contribution >= 0.6 is 27.7 Å². The van der Waals surface area contributed by atoms with Crippen LogP contribution in [0.3, 0.4) is 0 Å². The summed E-state index contributed by atoms with van der Waals surface area (Å²) in [4.78, 5) is 23.9. The summed E-state index contributed by atoms with van der Waals surface area (Å²) >= 11 is 4.74. The van der Waals surface area contributed by atoms with Crippen LogP contribution in [0, 0.1) is 5.92 Å². The van der Waals surface area contributed by atoms with Crippen LogP contribution < -0.4 is 10.6 Å². The molecule has 0 unspecified atom stereocenters. The number of benzene rings is 1. The SMILES string of the molecule is CC(C)CNC(=O)NC(=O)CSc1ccc(Br)cc1. The first-order valence-electron chi connectivity index (χ1n) is 5.93. The first kappa shape index (κ1) is 16.0. The highest BCUT2D eigenvalue weighted by molar-refractivity contribution is 9.10. The van der Waals surface area contributed by atoms with E-state index in [1.807, 2.05) is 38.1 Å². The third-order valence-electron chi connectivity index (χ3n) is 2.11. The zero-order valence-electron chi connectivity index (χ0n) is 10.9. The number of hydrogen-bond acceptors (Lipinski definition) is 3. The molecule has 0 aliphatic carbocycles. The molecule has 0 bridgehead atoms. The minimum Gasteiger partial charge on any atom is -0.338 e. The van der Waals surface area contributed by atoms with Gasteiger partial charge in [-0.25, -0.2) is 4.79 Å². The molecule has 3 amide bonds. The lowest BCUT2D eigenvalue weighted by Gasteiger charge is -2.08. The fourth-order valence-corrected chi connectivity index (χ4v) is 2.15. The summed E-state index contributed by atoms with van der Waals surface area (Å²) in [5.74, 6) is 0.281. The molecule has 0 atom stereocenters. The molecular weight excluding hydrogens is 328 g/mol. The van der Waals surface area contributed by atoms with Crippen LogP contribution in [0.4, 0.5) is 4.79 Å². The van der Waals surface area contributed by atoms with Gasteiger partial charge in [0.1, 0.15) is 0 Å². The summed E-state index contributed by atoms with van der Waals surface area (Å²) in [6.07, 6.45) is 0. The molecule has 104 valence electrons. The number of thioether (sulfide) groups is 1. The van der Waals surface area contributed by atoms with Gasteiger partial charge in [0.15, 0.2) is 0 Å². The van der Waals surface area contributed by atoms with Gasteiger partial charge in [-0.15, -0.1) is 11.8 Å².